The second-order valence-electron chi connectivity index (χ2n) is 3.84. The lowest BCUT2D eigenvalue weighted by Crippen LogP contribution is -2.32. The summed E-state index contributed by atoms with van der Waals surface area (Å²) in [5.41, 5.74) is 0.196. The van der Waals surface area contributed by atoms with E-state index in [9.17, 15) is 21.6 Å². The summed E-state index contributed by atoms with van der Waals surface area (Å²) in [7, 11) is -5.42. The monoisotopic (exact) mass is 322 g/mol. The number of esters is 1. The molecular weight excluding hydrogens is 308 g/mol. The molecule has 0 saturated heterocycles. The number of carbonyl (C=O) groups is 1. The van der Waals surface area contributed by atoms with Crippen molar-refractivity contribution in [2.24, 2.45) is 5.14 Å². The number of ether oxygens (including phenoxy) is 1. The lowest BCUT2D eigenvalue weighted by Gasteiger charge is -2.18. The zero-order chi connectivity index (χ0) is 15.6. The van der Waals surface area contributed by atoms with Gasteiger partial charge in [-0.25, -0.2) is 22.0 Å². The van der Waals surface area contributed by atoms with E-state index in [1.54, 1.807) is 0 Å². The molecule has 0 aromatic heterocycles. The van der Waals surface area contributed by atoms with Gasteiger partial charge in [0.25, 0.3) is 0 Å². The zero-order valence-electron chi connectivity index (χ0n) is 10.8. The first-order valence-corrected chi connectivity index (χ1v) is 8.40. The summed E-state index contributed by atoms with van der Waals surface area (Å²) in [5, 5.41) is 4.93. The average Bonchev–Trinajstić information content (AvgIpc) is 2.36. The highest BCUT2D eigenvalue weighted by Gasteiger charge is 2.23. The second kappa shape index (κ2) is 5.77. The summed E-state index contributed by atoms with van der Waals surface area (Å²) in [6.45, 7) is 0. The van der Waals surface area contributed by atoms with Crippen LogP contribution in [0.3, 0.4) is 0 Å². The van der Waals surface area contributed by atoms with Crippen molar-refractivity contribution in [3.05, 3.63) is 24.3 Å². The van der Waals surface area contributed by atoms with Crippen LogP contribution in [0.2, 0.25) is 0 Å². The van der Waals surface area contributed by atoms with E-state index >= 15 is 0 Å². The number of primary sulfonamides is 1. The fourth-order valence-electron chi connectivity index (χ4n) is 1.31. The Kier molecular flexibility index (Phi) is 4.73. The first-order valence-electron chi connectivity index (χ1n) is 5.24. The standard InChI is InChI=1S/C10H14N2O6S2/c1-12(19(14,15)7-10(13)18-2)8-3-5-9(6-4-8)20(11,16)17/h3-6H,7H2,1-2H3,(H2,11,16,17). The minimum Gasteiger partial charge on any atom is -0.468 e. The molecule has 10 heteroatoms. The number of methoxy groups -OCH3 is 1. The summed E-state index contributed by atoms with van der Waals surface area (Å²) in [5.74, 6) is -1.70. The second-order valence-corrected chi connectivity index (χ2v) is 7.40. The molecule has 1 rings (SSSR count). The van der Waals surface area contributed by atoms with Crippen LogP contribution in [0, 0.1) is 0 Å². The Hall–Kier alpha value is -1.65. The number of benzene rings is 1. The lowest BCUT2D eigenvalue weighted by atomic mass is 10.3. The van der Waals surface area contributed by atoms with Crippen molar-refractivity contribution in [1.82, 2.24) is 0 Å². The number of carbonyl (C=O) groups excluding carboxylic acids is 1. The largest absolute Gasteiger partial charge is 0.468 e. The van der Waals surface area contributed by atoms with Gasteiger partial charge in [0.05, 0.1) is 17.7 Å². The van der Waals surface area contributed by atoms with Gasteiger partial charge in [0.15, 0.2) is 5.75 Å². The Balaban J connectivity index is 3.04. The molecule has 0 saturated carbocycles. The van der Waals surface area contributed by atoms with Crippen LogP contribution < -0.4 is 9.44 Å². The predicted molar refractivity (Wildman–Crippen MR) is 72.0 cm³/mol. The number of anilines is 1. The number of nitrogens with two attached hydrogens (primary N) is 1. The molecule has 0 unspecified atom stereocenters. The van der Waals surface area contributed by atoms with E-state index in [0.717, 1.165) is 11.4 Å². The van der Waals surface area contributed by atoms with Crippen LogP contribution in [-0.4, -0.2) is 42.7 Å². The molecule has 0 aliphatic carbocycles. The van der Waals surface area contributed by atoms with Gasteiger partial charge in [-0.05, 0) is 24.3 Å². The van der Waals surface area contributed by atoms with Crippen molar-refractivity contribution < 1.29 is 26.4 Å². The molecule has 0 atom stereocenters. The van der Waals surface area contributed by atoms with E-state index in [1.165, 1.54) is 31.3 Å². The Morgan fingerprint density at radius 3 is 2.10 bits per heavy atom. The molecule has 0 amide bonds. The third-order valence-corrected chi connectivity index (χ3v) is 5.05. The molecule has 0 aliphatic rings. The summed E-state index contributed by atoms with van der Waals surface area (Å²) < 4.78 is 51.0. The molecule has 0 spiro atoms. The highest BCUT2D eigenvalue weighted by atomic mass is 32.2. The Morgan fingerprint density at radius 2 is 1.70 bits per heavy atom. The fraction of sp³-hybridized carbons (Fsp3) is 0.300. The van der Waals surface area contributed by atoms with E-state index in [2.05, 4.69) is 4.74 Å². The minimum atomic E-state index is -3.89. The Morgan fingerprint density at radius 1 is 1.20 bits per heavy atom. The van der Waals surface area contributed by atoms with Crippen LogP contribution in [0.1, 0.15) is 0 Å². The predicted octanol–water partition coefficient (Wildman–Crippen LogP) is -0.727. The van der Waals surface area contributed by atoms with E-state index < -0.39 is 31.8 Å². The van der Waals surface area contributed by atoms with E-state index in [-0.39, 0.29) is 10.6 Å². The van der Waals surface area contributed by atoms with Crippen molar-refractivity contribution in [3.63, 3.8) is 0 Å². The normalized spacial score (nSPS) is 11.9. The topological polar surface area (TPSA) is 124 Å². The molecule has 0 fully saturated rings. The molecule has 0 radical (unpaired) electrons. The van der Waals surface area contributed by atoms with Crippen molar-refractivity contribution >= 4 is 31.7 Å². The number of rotatable bonds is 5. The summed E-state index contributed by atoms with van der Waals surface area (Å²) >= 11 is 0. The quantitative estimate of drug-likeness (QED) is 0.713. The van der Waals surface area contributed by atoms with Crippen LogP contribution in [0.25, 0.3) is 0 Å². The maximum atomic E-state index is 11.9. The molecule has 112 valence electrons. The van der Waals surface area contributed by atoms with Crippen LogP contribution in [0.5, 0.6) is 0 Å². The molecule has 2 N–H and O–H groups in total. The van der Waals surface area contributed by atoms with E-state index in [4.69, 9.17) is 5.14 Å². The van der Waals surface area contributed by atoms with Gasteiger partial charge in [0.1, 0.15) is 0 Å². The summed E-state index contributed by atoms with van der Waals surface area (Å²) in [4.78, 5) is 10.9. The van der Waals surface area contributed by atoms with Crippen LogP contribution >= 0.6 is 0 Å². The maximum Gasteiger partial charge on any atom is 0.322 e. The smallest absolute Gasteiger partial charge is 0.322 e. The molecule has 0 heterocycles. The Bertz CT molecular complexity index is 694. The average molecular weight is 322 g/mol. The van der Waals surface area contributed by atoms with Gasteiger partial charge in [-0.15, -0.1) is 0 Å². The third-order valence-electron chi connectivity index (χ3n) is 2.47. The van der Waals surface area contributed by atoms with Crippen molar-refractivity contribution in [2.45, 2.75) is 4.90 Å². The fourth-order valence-corrected chi connectivity index (χ4v) is 2.88. The number of hydrogen-bond acceptors (Lipinski definition) is 6. The maximum absolute atomic E-state index is 11.9. The van der Waals surface area contributed by atoms with Crippen molar-refractivity contribution in [2.75, 3.05) is 24.2 Å². The van der Waals surface area contributed by atoms with Crippen molar-refractivity contribution in [1.29, 1.82) is 0 Å². The van der Waals surface area contributed by atoms with E-state index in [1.807, 2.05) is 0 Å². The first-order chi connectivity index (χ1) is 9.08. The summed E-state index contributed by atoms with van der Waals surface area (Å²) in [6, 6.07) is 4.90. The molecule has 1 aromatic rings. The van der Waals surface area contributed by atoms with Gasteiger partial charge in [0, 0.05) is 7.05 Å². The molecule has 0 aliphatic heterocycles. The number of sulfonamides is 2. The van der Waals surface area contributed by atoms with Gasteiger partial charge in [-0.2, -0.15) is 0 Å². The summed E-state index contributed by atoms with van der Waals surface area (Å²) in [6.07, 6.45) is 0. The SMILES string of the molecule is COC(=O)CS(=O)(=O)N(C)c1ccc(S(N)(=O)=O)cc1. The molecular formula is C10H14N2O6S2. The molecule has 20 heavy (non-hydrogen) atoms. The number of nitrogens with zero attached hydrogens (tertiary/aromatic N) is 1. The van der Waals surface area contributed by atoms with Crippen LogP contribution in [-0.2, 0) is 29.6 Å². The zero-order valence-corrected chi connectivity index (χ0v) is 12.4. The van der Waals surface area contributed by atoms with Crippen molar-refractivity contribution in [3.8, 4) is 0 Å². The van der Waals surface area contributed by atoms with Gasteiger partial charge in [-0.3, -0.25) is 9.10 Å². The van der Waals surface area contributed by atoms with Gasteiger partial charge in [0.2, 0.25) is 20.0 Å². The molecule has 8 nitrogen and oxygen atoms in total. The Labute approximate surface area is 117 Å². The van der Waals surface area contributed by atoms with Gasteiger partial charge in [-0.1, -0.05) is 0 Å². The van der Waals surface area contributed by atoms with Gasteiger partial charge < -0.3 is 4.74 Å². The lowest BCUT2D eigenvalue weighted by molar-refractivity contribution is -0.137. The van der Waals surface area contributed by atoms with Gasteiger partial charge >= 0.3 is 5.97 Å². The third kappa shape index (κ3) is 3.92. The first kappa shape index (κ1) is 16.4. The highest BCUT2D eigenvalue weighted by molar-refractivity contribution is 7.93. The minimum absolute atomic E-state index is 0.139. The molecule has 1 aromatic carbocycles. The van der Waals surface area contributed by atoms with Crippen LogP contribution in [0.4, 0.5) is 5.69 Å². The number of hydrogen-bond donors (Lipinski definition) is 1. The highest BCUT2D eigenvalue weighted by Crippen LogP contribution is 2.19. The molecule has 0 bridgehead atoms. The van der Waals surface area contributed by atoms with Crippen LogP contribution in [0.15, 0.2) is 29.2 Å². The van der Waals surface area contributed by atoms with E-state index in [0.29, 0.717) is 0 Å².